The summed E-state index contributed by atoms with van der Waals surface area (Å²) >= 11 is 6.19. The Labute approximate surface area is 183 Å². The molecule has 31 heavy (non-hydrogen) atoms. The maximum Gasteiger partial charge on any atom is 0.332 e. The number of nitrogens with one attached hydrogen (secondary N) is 1. The molecule has 3 heterocycles. The van der Waals surface area contributed by atoms with Crippen LogP contribution in [0.1, 0.15) is 19.9 Å². The van der Waals surface area contributed by atoms with Crippen molar-refractivity contribution in [2.45, 2.75) is 19.9 Å². The van der Waals surface area contributed by atoms with Crippen molar-refractivity contribution in [3.05, 3.63) is 44.1 Å². The number of halogens is 1. The van der Waals surface area contributed by atoms with E-state index in [1.807, 2.05) is 24.5 Å². The zero-order chi connectivity index (χ0) is 22.4. The van der Waals surface area contributed by atoms with Crippen LogP contribution in [0.25, 0.3) is 11.2 Å². The molecule has 0 radical (unpaired) electrons. The zero-order valence-electron chi connectivity index (χ0n) is 18.0. The highest BCUT2D eigenvalue weighted by Crippen LogP contribution is 2.30. The standard InChI is InChI=1S/C20H24ClN7O3/c1-11-12(2)28-16-17(25(3)20(30)26(4)18(16)29)23-19(28)27(24-11)9-8-22-13-6-7-15(31-5)14(21)10-13/h6-7,10,12,22H,8-9H2,1-5H3/t12-/m1/s1. The molecule has 1 aliphatic rings. The topological polar surface area (TPSA) is 98.7 Å². The Morgan fingerprint density at radius 3 is 2.65 bits per heavy atom. The van der Waals surface area contributed by atoms with Gasteiger partial charge in [-0.3, -0.25) is 18.5 Å². The molecule has 0 aliphatic carbocycles. The lowest BCUT2D eigenvalue weighted by molar-refractivity contribution is 0.415. The average Bonchev–Trinajstić information content (AvgIpc) is 3.15. The average molecular weight is 446 g/mol. The number of anilines is 2. The van der Waals surface area contributed by atoms with Crippen molar-refractivity contribution in [1.29, 1.82) is 0 Å². The summed E-state index contributed by atoms with van der Waals surface area (Å²) in [5.41, 5.74) is 1.64. The number of hydrogen-bond donors (Lipinski definition) is 1. The zero-order valence-corrected chi connectivity index (χ0v) is 18.8. The van der Waals surface area contributed by atoms with E-state index in [9.17, 15) is 9.59 Å². The van der Waals surface area contributed by atoms with E-state index >= 15 is 0 Å². The Morgan fingerprint density at radius 2 is 1.97 bits per heavy atom. The van der Waals surface area contributed by atoms with Crippen molar-refractivity contribution in [1.82, 2.24) is 18.7 Å². The number of imidazole rings is 1. The number of aryl methyl sites for hydroxylation is 1. The first kappa shape index (κ1) is 21.0. The van der Waals surface area contributed by atoms with E-state index in [0.29, 0.717) is 41.0 Å². The third kappa shape index (κ3) is 3.36. The minimum atomic E-state index is -0.414. The number of ether oxygens (including phenoxy) is 1. The minimum Gasteiger partial charge on any atom is -0.495 e. The molecule has 2 aromatic heterocycles. The first-order chi connectivity index (χ1) is 14.7. The summed E-state index contributed by atoms with van der Waals surface area (Å²) in [7, 11) is 4.65. The quantitative estimate of drug-likeness (QED) is 0.644. The summed E-state index contributed by atoms with van der Waals surface area (Å²) in [4.78, 5) is 29.8. The van der Waals surface area contributed by atoms with Crippen LogP contribution in [0.3, 0.4) is 0 Å². The summed E-state index contributed by atoms with van der Waals surface area (Å²) in [6.45, 7) is 4.91. The van der Waals surface area contributed by atoms with Gasteiger partial charge in [0.1, 0.15) is 5.75 Å². The van der Waals surface area contributed by atoms with Gasteiger partial charge in [0.05, 0.1) is 30.4 Å². The van der Waals surface area contributed by atoms with Crippen LogP contribution < -0.4 is 26.3 Å². The van der Waals surface area contributed by atoms with Crippen LogP contribution in [0.5, 0.6) is 5.75 Å². The lowest BCUT2D eigenvalue weighted by atomic mass is 10.2. The van der Waals surface area contributed by atoms with Gasteiger partial charge in [-0.15, -0.1) is 0 Å². The molecule has 1 aliphatic heterocycles. The molecule has 0 bridgehead atoms. The molecule has 10 nitrogen and oxygen atoms in total. The van der Waals surface area contributed by atoms with Crippen molar-refractivity contribution in [3.63, 3.8) is 0 Å². The van der Waals surface area contributed by atoms with E-state index in [2.05, 4.69) is 15.4 Å². The van der Waals surface area contributed by atoms with E-state index < -0.39 is 5.69 Å². The molecule has 0 saturated carbocycles. The molecular weight excluding hydrogens is 422 g/mol. The molecule has 0 saturated heterocycles. The van der Waals surface area contributed by atoms with Crippen molar-refractivity contribution in [3.8, 4) is 5.75 Å². The van der Waals surface area contributed by atoms with Gasteiger partial charge in [-0.25, -0.2) is 9.80 Å². The number of rotatable bonds is 5. The molecular formula is C20H24ClN7O3. The maximum absolute atomic E-state index is 12.9. The first-order valence-electron chi connectivity index (χ1n) is 9.82. The number of fused-ring (bicyclic) bond motifs is 3. The Morgan fingerprint density at radius 1 is 1.23 bits per heavy atom. The van der Waals surface area contributed by atoms with Gasteiger partial charge in [-0.1, -0.05) is 11.6 Å². The summed E-state index contributed by atoms with van der Waals surface area (Å²) in [5.74, 6) is 1.14. The van der Waals surface area contributed by atoms with E-state index in [0.717, 1.165) is 16.0 Å². The fourth-order valence-electron chi connectivity index (χ4n) is 3.69. The van der Waals surface area contributed by atoms with E-state index in [4.69, 9.17) is 16.3 Å². The van der Waals surface area contributed by atoms with Gasteiger partial charge in [0, 0.05) is 26.3 Å². The summed E-state index contributed by atoms with van der Waals surface area (Å²) in [6.07, 6.45) is 0. The molecule has 3 aromatic rings. The minimum absolute atomic E-state index is 0.158. The highest BCUT2D eigenvalue weighted by atomic mass is 35.5. The van der Waals surface area contributed by atoms with Crippen molar-refractivity contribution in [2.75, 3.05) is 30.5 Å². The lowest BCUT2D eigenvalue weighted by Crippen LogP contribution is -2.39. The Kier molecular flexibility index (Phi) is 5.26. The fraction of sp³-hybridized carbons (Fsp3) is 0.400. The molecule has 0 amide bonds. The highest BCUT2D eigenvalue weighted by Gasteiger charge is 2.30. The maximum atomic E-state index is 12.9. The molecule has 164 valence electrons. The molecule has 1 aromatic carbocycles. The third-order valence-corrected chi connectivity index (χ3v) is 5.87. The number of hydrazone groups is 1. The van der Waals surface area contributed by atoms with Gasteiger partial charge < -0.3 is 10.1 Å². The Bertz CT molecular complexity index is 1320. The second-order valence-electron chi connectivity index (χ2n) is 7.48. The van der Waals surface area contributed by atoms with Crippen LogP contribution in [-0.2, 0) is 14.1 Å². The van der Waals surface area contributed by atoms with E-state index in [1.165, 1.54) is 11.6 Å². The van der Waals surface area contributed by atoms with Gasteiger partial charge in [-0.2, -0.15) is 10.1 Å². The molecule has 4 rings (SSSR count). The highest BCUT2D eigenvalue weighted by molar-refractivity contribution is 6.32. The summed E-state index contributed by atoms with van der Waals surface area (Å²) < 4.78 is 9.52. The fourth-order valence-corrected chi connectivity index (χ4v) is 3.95. The number of benzene rings is 1. The van der Waals surface area contributed by atoms with Gasteiger partial charge in [0.2, 0.25) is 5.95 Å². The number of methoxy groups -OCH3 is 1. The van der Waals surface area contributed by atoms with Crippen LogP contribution in [0.4, 0.5) is 11.6 Å². The predicted molar refractivity (Wildman–Crippen MR) is 122 cm³/mol. The van der Waals surface area contributed by atoms with Gasteiger partial charge in [-0.05, 0) is 32.0 Å². The lowest BCUT2D eigenvalue weighted by Gasteiger charge is -2.29. The van der Waals surface area contributed by atoms with Gasteiger partial charge >= 0.3 is 5.69 Å². The molecule has 0 spiro atoms. The number of aromatic nitrogens is 4. The predicted octanol–water partition coefficient (Wildman–Crippen LogP) is 1.96. The molecule has 1 N–H and O–H groups in total. The van der Waals surface area contributed by atoms with Crippen LogP contribution in [-0.4, -0.2) is 44.6 Å². The largest absolute Gasteiger partial charge is 0.495 e. The normalized spacial score (nSPS) is 15.7. The molecule has 11 heteroatoms. The van der Waals surface area contributed by atoms with E-state index in [-0.39, 0.29) is 11.6 Å². The second kappa shape index (κ2) is 7.77. The van der Waals surface area contributed by atoms with Crippen molar-refractivity contribution >= 4 is 40.1 Å². The Balaban J connectivity index is 1.67. The van der Waals surface area contributed by atoms with Crippen LogP contribution in [0.2, 0.25) is 5.02 Å². The van der Waals surface area contributed by atoms with Crippen molar-refractivity contribution < 1.29 is 4.74 Å². The monoisotopic (exact) mass is 445 g/mol. The van der Waals surface area contributed by atoms with E-state index in [1.54, 1.807) is 31.3 Å². The third-order valence-electron chi connectivity index (χ3n) is 5.58. The number of nitrogens with zero attached hydrogens (tertiary/aromatic N) is 6. The SMILES string of the molecule is COc1ccc(NCCN2N=C(C)[C@@H](C)n3c2nc2c3c(=O)n(C)c(=O)n2C)cc1Cl. The number of hydrogen-bond acceptors (Lipinski definition) is 7. The first-order valence-corrected chi connectivity index (χ1v) is 10.2. The molecule has 0 fully saturated rings. The van der Waals surface area contributed by atoms with Crippen LogP contribution >= 0.6 is 11.6 Å². The van der Waals surface area contributed by atoms with Gasteiger partial charge in [0.15, 0.2) is 11.2 Å². The van der Waals surface area contributed by atoms with Gasteiger partial charge in [0.25, 0.3) is 5.56 Å². The van der Waals surface area contributed by atoms with Crippen LogP contribution in [0.15, 0.2) is 32.9 Å². The smallest absolute Gasteiger partial charge is 0.332 e. The van der Waals surface area contributed by atoms with Crippen molar-refractivity contribution in [2.24, 2.45) is 19.2 Å². The Hall–Kier alpha value is -3.27. The summed E-state index contributed by atoms with van der Waals surface area (Å²) in [5, 5.41) is 10.2. The molecule has 1 atom stereocenters. The molecule has 0 unspecified atom stereocenters. The van der Waals surface area contributed by atoms with Crippen LogP contribution in [0, 0.1) is 0 Å². The second-order valence-corrected chi connectivity index (χ2v) is 7.88. The summed E-state index contributed by atoms with van der Waals surface area (Å²) in [6, 6.07) is 5.31.